The number of carbonyl (C=O) groups excluding carboxylic acids is 2. The van der Waals surface area contributed by atoms with E-state index in [0.29, 0.717) is 4.91 Å². The molecule has 4 nitrogen and oxygen atoms in total. The molecule has 2 amide bonds. The number of nitrogens with zero attached hydrogens (tertiary/aromatic N) is 2. The van der Waals surface area contributed by atoms with E-state index in [1.165, 1.54) is 8.47 Å². The van der Waals surface area contributed by atoms with Crippen molar-refractivity contribution in [2.75, 3.05) is 0 Å². The summed E-state index contributed by atoms with van der Waals surface area (Å²) in [6.45, 7) is 4.35. The third-order valence-electron chi connectivity index (χ3n) is 4.97. The molecule has 2 heterocycles. The van der Waals surface area contributed by atoms with Crippen LogP contribution in [0.25, 0.3) is 11.8 Å². The van der Waals surface area contributed by atoms with Crippen LogP contribution in [0.2, 0.25) is 0 Å². The van der Waals surface area contributed by atoms with Crippen molar-refractivity contribution in [1.29, 1.82) is 0 Å². The molecule has 0 spiro atoms. The molecule has 1 aromatic heterocycles. The maximum atomic E-state index is 12.9. The second-order valence-corrected chi connectivity index (χ2v) is 10.2. The van der Waals surface area contributed by atoms with Crippen molar-refractivity contribution < 1.29 is 9.59 Å². The molecular weight excluding hydrogens is 575 g/mol. The zero-order valence-corrected chi connectivity index (χ0v) is 20.9. The lowest BCUT2D eigenvalue weighted by Crippen LogP contribution is -2.27. The standard InChI is InChI=1S/C23H18BrIN2O2S/c1-14-11-17(15(2)27(14)20-9-7-19(25)8-10-20)12-21-22(28)26(23(29)30-21)13-16-3-5-18(24)6-4-16/h3-12H,13H2,1-2H3/b21-12-. The summed E-state index contributed by atoms with van der Waals surface area (Å²) in [5, 5.41) is -0.236. The fraction of sp³-hybridized carbons (Fsp3) is 0.130. The van der Waals surface area contributed by atoms with Crippen molar-refractivity contribution in [2.45, 2.75) is 20.4 Å². The molecule has 152 valence electrons. The van der Waals surface area contributed by atoms with Gasteiger partial charge in [0.1, 0.15) is 0 Å². The van der Waals surface area contributed by atoms with Gasteiger partial charge in [0.2, 0.25) is 0 Å². The van der Waals surface area contributed by atoms with E-state index >= 15 is 0 Å². The van der Waals surface area contributed by atoms with E-state index in [-0.39, 0.29) is 17.7 Å². The van der Waals surface area contributed by atoms with Gasteiger partial charge in [0, 0.05) is 25.1 Å². The number of thioether (sulfide) groups is 1. The smallest absolute Gasteiger partial charge is 0.293 e. The minimum Gasteiger partial charge on any atom is -0.318 e. The number of hydrogen-bond donors (Lipinski definition) is 0. The van der Waals surface area contributed by atoms with Crippen LogP contribution in [0.4, 0.5) is 4.79 Å². The van der Waals surface area contributed by atoms with Crippen LogP contribution in [0.5, 0.6) is 0 Å². The van der Waals surface area contributed by atoms with Crippen molar-refractivity contribution in [3.63, 3.8) is 0 Å². The van der Waals surface area contributed by atoms with Crippen molar-refractivity contribution >= 4 is 67.5 Å². The van der Waals surface area contributed by atoms with Gasteiger partial charge in [-0.3, -0.25) is 14.5 Å². The number of hydrogen-bond acceptors (Lipinski definition) is 3. The minimum atomic E-state index is -0.244. The van der Waals surface area contributed by atoms with E-state index in [4.69, 9.17) is 0 Å². The lowest BCUT2D eigenvalue weighted by molar-refractivity contribution is -0.123. The monoisotopic (exact) mass is 592 g/mol. The van der Waals surface area contributed by atoms with Gasteiger partial charge in [0.15, 0.2) is 0 Å². The number of rotatable bonds is 4. The Morgan fingerprint density at radius 1 is 1.03 bits per heavy atom. The highest BCUT2D eigenvalue weighted by atomic mass is 127. The third-order valence-corrected chi connectivity index (χ3v) is 7.12. The Bertz CT molecular complexity index is 1170. The Hall–Kier alpha value is -1.84. The van der Waals surface area contributed by atoms with E-state index in [9.17, 15) is 9.59 Å². The first kappa shape index (κ1) is 21.4. The quantitative estimate of drug-likeness (QED) is 0.250. The molecule has 3 aromatic rings. The predicted octanol–water partition coefficient (Wildman–Crippen LogP) is 6.70. The van der Waals surface area contributed by atoms with Crippen LogP contribution in [0.15, 0.2) is 64.0 Å². The molecule has 30 heavy (non-hydrogen) atoms. The summed E-state index contributed by atoms with van der Waals surface area (Å²) in [4.78, 5) is 27.1. The van der Waals surface area contributed by atoms with E-state index in [0.717, 1.165) is 44.4 Å². The van der Waals surface area contributed by atoms with Crippen molar-refractivity contribution in [3.8, 4) is 5.69 Å². The highest BCUT2D eigenvalue weighted by Gasteiger charge is 2.35. The molecule has 0 saturated carbocycles. The number of aromatic nitrogens is 1. The molecular formula is C23H18BrIN2O2S. The molecule has 1 aliphatic heterocycles. The Morgan fingerprint density at radius 2 is 1.70 bits per heavy atom. The van der Waals surface area contributed by atoms with Crippen LogP contribution in [0.1, 0.15) is 22.5 Å². The van der Waals surface area contributed by atoms with Gasteiger partial charge < -0.3 is 4.57 Å². The topological polar surface area (TPSA) is 42.3 Å². The number of imide groups is 1. The van der Waals surface area contributed by atoms with Gasteiger partial charge >= 0.3 is 0 Å². The van der Waals surface area contributed by atoms with Gasteiger partial charge in [-0.2, -0.15) is 0 Å². The summed E-state index contributed by atoms with van der Waals surface area (Å²) in [5.74, 6) is -0.244. The molecule has 1 fully saturated rings. The maximum Gasteiger partial charge on any atom is 0.293 e. The summed E-state index contributed by atoms with van der Waals surface area (Å²) in [6.07, 6.45) is 1.83. The molecule has 4 rings (SSSR count). The van der Waals surface area contributed by atoms with E-state index in [1.807, 2.05) is 44.2 Å². The molecule has 0 atom stereocenters. The molecule has 0 radical (unpaired) electrons. The van der Waals surface area contributed by atoms with Gasteiger partial charge in [-0.25, -0.2) is 0 Å². The predicted molar refractivity (Wildman–Crippen MR) is 134 cm³/mol. The van der Waals surface area contributed by atoms with Crippen molar-refractivity contribution in [2.24, 2.45) is 0 Å². The van der Waals surface area contributed by atoms with Crippen LogP contribution in [-0.2, 0) is 11.3 Å². The van der Waals surface area contributed by atoms with Crippen molar-refractivity contribution in [3.05, 3.63) is 90.1 Å². The van der Waals surface area contributed by atoms with Crippen LogP contribution in [-0.4, -0.2) is 20.6 Å². The molecule has 0 bridgehead atoms. The zero-order chi connectivity index (χ0) is 21.4. The number of amides is 2. The summed E-state index contributed by atoms with van der Waals surface area (Å²) in [7, 11) is 0. The molecule has 1 saturated heterocycles. The summed E-state index contributed by atoms with van der Waals surface area (Å²) < 4.78 is 4.30. The van der Waals surface area contributed by atoms with Crippen molar-refractivity contribution in [1.82, 2.24) is 9.47 Å². The third kappa shape index (κ3) is 4.29. The molecule has 1 aliphatic rings. The minimum absolute atomic E-state index is 0.236. The maximum absolute atomic E-state index is 12.9. The van der Waals surface area contributed by atoms with Crippen LogP contribution in [0, 0.1) is 17.4 Å². The average molecular weight is 593 g/mol. The Balaban J connectivity index is 1.61. The van der Waals surface area contributed by atoms with Crippen LogP contribution >= 0.6 is 50.3 Å². The van der Waals surface area contributed by atoms with Gasteiger partial charge in [0.05, 0.1) is 11.4 Å². The molecule has 7 heteroatoms. The van der Waals surface area contributed by atoms with E-state index in [2.05, 4.69) is 73.4 Å². The van der Waals surface area contributed by atoms with Gasteiger partial charge in [-0.05, 0) is 108 Å². The second kappa shape index (κ2) is 8.72. The van der Waals surface area contributed by atoms with Gasteiger partial charge in [-0.15, -0.1) is 0 Å². The first-order chi connectivity index (χ1) is 14.3. The van der Waals surface area contributed by atoms with E-state index < -0.39 is 0 Å². The fourth-order valence-corrected chi connectivity index (χ4v) is 4.92. The normalized spacial score (nSPS) is 15.5. The zero-order valence-electron chi connectivity index (χ0n) is 16.4. The summed E-state index contributed by atoms with van der Waals surface area (Å²) >= 11 is 6.69. The Morgan fingerprint density at radius 3 is 2.37 bits per heavy atom. The highest BCUT2D eigenvalue weighted by Crippen LogP contribution is 2.34. The number of carbonyl (C=O) groups is 2. The highest BCUT2D eigenvalue weighted by molar-refractivity contribution is 14.1. The van der Waals surface area contributed by atoms with Crippen LogP contribution < -0.4 is 0 Å². The van der Waals surface area contributed by atoms with Gasteiger partial charge in [0.25, 0.3) is 11.1 Å². The average Bonchev–Trinajstić information content (AvgIpc) is 3.14. The summed E-state index contributed by atoms with van der Waals surface area (Å²) in [5.41, 5.74) is 5.05. The lowest BCUT2D eigenvalue weighted by Gasteiger charge is -2.12. The molecule has 0 unspecified atom stereocenters. The molecule has 0 N–H and O–H groups in total. The largest absolute Gasteiger partial charge is 0.318 e. The summed E-state index contributed by atoms with van der Waals surface area (Å²) in [6, 6.07) is 18.0. The second-order valence-electron chi connectivity index (χ2n) is 7.03. The fourth-order valence-electron chi connectivity index (χ4n) is 3.47. The Kier molecular flexibility index (Phi) is 6.22. The van der Waals surface area contributed by atoms with E-state index in [1.54, 1.807) is 0 Å². The Labute approximate surface area is 201 Å². The molecule has 0 aliphatic carbocycles. The lowest BCUT2D eigenvalue weighted by atomic mass is 10.2. The molecule has 2 aromatic carbocycles. The number of aryl methyl sites for hydroxylation is 1. The first-order valence-electron chi connectivity index (χ1n) is 9.28. The van der Waals surface area contributed by atoms with Gasteiger partial charge in [-0.1, -0.05) is 28.1 Å². The van der Waals surface area contributed by atoms with Crippen LogP contribution in [0.3, 0.4) is 0 Å². The number of benzene rings is 2. The first-order valence-corrected chi connectivity index (χ1v) is 12.0. The number of halogens is 2. The SMILES string of the molecule is Cc1cc(/C=C2\SC(=O)N(Cc3ccc(Br)cc3)C2=O)c(C)n1-c1ccc(I)cc1.